The first-order valence-corrected chi connectivity index (χ1v) is 5.91. The van der Waals surface area contributed by atoms with Crippen molar-refractivity contribution in [2.24, 2.45) is 11.3 Å². The van der Waals surface area contributed by atoms with E-state index < -0.39 is 0 Å². The Morgan fingerprint density at radius 3 is 2.62 bits per heavy atom. The number of benzene rings is 1. The second-order valence-electron chi connectivity index (χ2n) is 5.91. The van der Waals surface area contributed by atoms with E-state index in [1.54, 1.807) is 6.07 Å². The molecule has 0 bridgehead atoms. The topological polar surface area (TPSA) is 12.0 Å². The highest BCUT2D eigenvalue weighted by Gasteiger charge is 2.28. The molecule has 1 atom stereocenters. The summed E-state index contributed by atoms with van der Waals surface area (Å²) in [6, 6.07) is 3.61. The molecule has 2 rings (SSSR count). The highest BCUT2D eigenvalue weighted by atomic mass is 19.1. The van der Waals surface area contributed by atoms with Gasteiger partial charge in [-0.1, -0.05) is 26.8 Å². The Balaban J connectivity index is 2.31. The average molecular weight is 221 g/mol. The maximum atomic E-state index is 13.4. The number of aryl methyl sites for hydroxylation is 1. The van der Waals surface area contributed by atoms with Gasteiger partial charge >= 0.3 is 0 Å². The monoisotopic (exact) mass is 221 g/mol. The fraction of sp³-hybridized carbons (Fsp3) is 0.571. The Morgan fingerprint density at radius 2 is 2.00 bits per heavy atom. The Hall–Kier alpha value is -1.05. The number of hydrogen-bond donors (Lipinski definition) is 1. The summed E-state index contributed by atoms with van der Waals surface area (Å²) in [5, 5.41) is 3.35. The maximum absolute atomic E-state index is 13.4. The van der Waals surface area contributed by atoms with E-state index in [1.165, 1.54) is 5.56 Å². The SMILES string of the molecule is Cc1cc2c(cc1F)NCC(C(C)(C)C)C2. The van der Waals surface area contributed by atoms with Crippen LogP contribution in [0.4, 0.5) is 10.1 Å². The van der Waals surface area contributed by atoms with Crippen LogP contribution >= 0.6 is 0 Å². The van der Waals surface area contributed by atoms with Crippen molar-refractivity contribution < 1.29 is 4.39 Å². The number of nitrogens with one attached hydrogen (secondary N) is 1. The van der Waals surface area contributed by atoms with Crippen LogP contribution in [0.25, 0.3) is 0 Å². The second kappa shape index (κ2) is 3.76. The molecular formula is C14H20FN. The lowest BCUT2D eigenvalue weighted by atomic mass is 9.75. The van der Waals surface area contributed by atoms with Gasteiger partial charge in [-0.3, -0.25) is 0 Å². The van der Waals surface area contributed by atoms with E-state index >= 15 is 0 Å². The minimum Gasteiger partial charge on any atom is -0.384 e. The quantitative estimate of drug-likeness (QED) is 0.703. The van der Waals surface area contributed by atoms with Crippen LogP contribution in [-0.4, -0.2) is 6.54 Å². The molecule has 2 heteroatoms. The molecule has 1 aliphatic heterocycles. The van der Waals surface area contributed by atoms with Crippen LogP contribution in [0.3, 0.4) is 0 Å². The molecule has 1 N–H and O–H groups in total. The van der Waals surface area contributed by atoms with E-state index in [1.807, 2.05) is 13.0 Å². The van der Waals surface area contributed by atoms with Gasteiger partial charge in [0.1, 0.15) is 5.82 Å². The van der Waals surface area contributed by atoms with Crippen molar-refractivity contribution in [3.63, 3.8) is 0 Å². The summed E-state index contributed by atoms with van der Waals surface area (Å²) in [5.41, 5.74) is 3.27. The largest absolute Gasteiger partial charge is 0.384 e. The van der Waals surface area contributed by atoms with Gasteiger partial charge in [-0.25, -0.2) is 4.39 Å². The molecule has 0 spiro atoms. The van der Waals surface area contributed by atoms with Crippen LogP contribution < -0.4 is 5.32 Å². The molecule has 16 heavy (non-hydrogen) atoms. The molecule has 1 aromatic rings. The van der Waals surface area contributed by atoms with E-state index in [0.29, 0.717) is 11.3 Å². The normalized spacial score (nSPS) is 20.2. The van der Waals surface area contributed by atoms with Gasteiger partial charge < -0.3 is 5.32 Å². The Kier molecular flexibility index (Phi) is 2.69. The summed E-state index contributed by atoms with van der Waals surface area (Å²) in [6.45, 7) is 9.57. The predicted molar refractivity (Wildman–Crippen MR) is 66.3 cm³/mol. The van der Waals surface area contributed by atoms with E-state index in [4.69, 9.17) is 0 Å². The van der Waals surface area contributed by atoms with Crippen molar-refractivity contribution in [2.45, 2.75) is 34.1 Å². The van der Waals surface area contributed by atoms with Gasteiger partial charge in [-0.2, -0.15) is 0 Å². The number of hydrogen-bond acceptors (Lipinski definition) is 1. The zero-order valence-corrected chi connectivity index (χ0v) is 10.5. The number of rotatable bonds is 0. The summed E-state index contributed by atoms with van der Waals surface area (Å²) in [7, 11) is 0. The Labute approximate surface area is 97.1 Å². The van der Waals surface area contributed by atoms with Crippen LogP contribution in [0.5, 0.6) is 0 Å². The smallest absolute Gasteiger partial charge is 0.128 e. The number of halogens is 1. The van der Waals surface area contributed by atoms with Crippen molar-refractivity contribution in [3.8, 4) is 0 Å². The summed E-state index contributed by atoms with van der Waals surface area (Å²) in [6.07, 6.45) is 1.05. The van der Waals surface area contributed by atoms with Crippen LogP contribution in [0.15, 0.2) is 12.1 Å². The average Bonchev–Trinajstić information content (AvgIpc) is 2.17. The molecule has 1 unspecified atom stereocenters. The van der Waals surface area contributed by atoms with E-state index in [-0.39, 0.29) is 5.82 Å². The van der Waals surface area contributed by atoms with Gasteiger partial charge in [0.05, 0.1) is 0 Å². The van der Waals surface area contributed by atoms with Crippen molar-refractivity contribution in [1.82, 2.24) is 0 Å². The van der Waals surface area contributed by atoms with Gasteiger partial charge in [0, 0.05) is 12.2 Å². The molecule has 88 valence electrons. The van der Waals surface area contributed by atoms with Crippen LogP contribution in [0, 0.1) is 24.1 Å². The van der Waals surface area contributed by atoms with Crippen molar-refractivity contribution >= 4 is 5.69 Å². The van der Waals surface area contributed by atoms with Crippen LogP contribution in [0.1, 0.15) is 31.9 Å². The molecule has 0 aromatic heterocycles. The third kappa shape index (κ3) is 2.06. The fourth-order valence-electron chi connectivity index (χ4n) is 2.26. The third-order valence-electron chi connectivity index (χ3n) is 3.61. The molecule has 0 fully saturated rings. The molecule has 1 aromatic carbocycles. The number of anilines is 1. The maximum Gasteiger partial charge on any atom is 0.128 e. The lowest BCUT2D eigenvalue weighted by Gasteiger charge is -2.35. The lowest BCUT2D eigenvalue weighted by Crippen LogP contribution is -2.33. The molecule has 0 saturated carbocycles. The third-order valence-corrected chi connectivity index (χ3v) is 3.61. The zero-order valence-electron chi connectivity index (χ0n) is 10.5. The first kappa shape index (κ1) is 11.4. The lowest BCUT2D eigenvalue weighted by molar-refractivity contribution is 0.247. The molecule has 0 aliphatic carbocycles. The first-order valence-electron chi connectivity index (χ1n) is 5.91. The first-order chi connectivity index (χ1) is 7.38. The fourth-order valence-corrected chi connectivity index (χ4v) is 2.26. The summed E-state index contributed by atoms with van der Waals surface area (Å²) in [5.74, 6) is 0.505. The van der Waals surface area contributed by atoms with Gasteiger partial charge in [0.15, 0.2) is 0 Å². The molecule has 1 heterocycles. The Bertz CT molecular complexity index is 404. The van der Waals surface area contributed by atoms with Crippen molar-refractivity contribution in [2.75, 3.05) is 11.9 Å². The molecule has 1 aliphatic rings. The highest BCUT2D eigenvalue weighted by Crippen LogP contribution is 2.35. The van der Waals surface area contributed by atoms with E-state index in [9.17, 15) is 4.39 Å². The van der Waals surface area contributed by atoms with Crippen molar-refractivity contribution in [3.05, 3.63) is 29.1 Å². The summed E-state index contributed by atoms with van der Waals surface area (Å²) >= 11 is 0. The minimum atomic E-state index is -0.111. The Morgan fingerprint density at radius 1 is 1.31 bits per heavy atom. The summed E-state index contributed by atoms with van der Waals surface area (Å²) < 4.78 is 13.4. The zero-order chi connectivity index (χ0) is 11.9. The van der Waals surface area contributed by atoms with Crippen LogP contribution in [0.2, 0.25) is 0 Å². The summed E-state index contributed by atoms with van der Waals surface area (Å²) in [4.78, 5) is 0. The van der Waals surface area contributed by atoms with Gasteiger partial charge in [0.25, 0.3) is 0 Å². The molecule has 1 nitrogen and oxygen atoms in total. The molecule has 0 amide bonds. The van der Waals surface area contributed by atoms with Gasteiger partial charge in [-0.15, -0.1) is 0 Å². The number of fused-ring (bicyclic) bond motifs is 1. The van der Waals surface area contributed by atoms with E-state index in [0.717, 1.165) is 24.2 Å². The predicted octanol–water partition coefficient (Wildman–Crippen LogP) is 3.76. The standard InChI is InChI=1S/C14H20FN/c1-9-5-10-6-11(14(2,3)4)8-16-13(10)7-12(9)15/h5,7,11,16H,6,8H2,1-4H3. The minimum absolute atomic E-state index is 0.111. The van der Waals surface area contributed by atoms with Crippen molar-refractivity contribution in [1.29, 1.82) is 0 Å². The van der Waals surface area contributed by atoms with Gasteiger partial charge in [0.2, 0.25) is 0 Å². The highest BCUT2D eigenvalue weighted by molar-refractivity contribution is 5.55. The van der Waals surface area contributed by atoms with E-state index in [2.05, 4.69) is 26.1 Å². The molecule has 0 saturated heterocycles. The molecular weight excluding hydrogens is 201 g/mol. The van der Waals surface area contributed by atoms with Gasteiger partial charge in [-0.05, 0) is 41.9 Å². The second-order valence-corrected chi connectivity index (χ2v) is 5.91. The van der Waals surface area contributed by atoms with Crippen LogP contribution in [-0.2, 0) is 6.42 Å². The molecule has 0 radical (unpaired) electrons.